The maximum Gasteiger partial charge on any atom is 0.330 e. The van der Waals surface area contributed by atoms with Crippen molar-refractivity contribution in [1.29, 1.82) is 0 Å². The zero-order valence-electron chi connectivity index (χ0n) is 16.8. The maximum absolute atomic E-state index is 12.3. The van der Waals surface area contributed by atoms with Gasteiger partial charge in [0.25, 0.3) is 5.56 Å². The van der Waals surface area contributed by atoms with Crippen molar-refractivity contribution < 1.29 is 14.6 Å². The Morgan fingerprint density at radius 2 is 2.17 bits per heavy atom. The van der Waals surface area contributed by atoms with Gasteiger partial charge in [-0.3, -0.25) is 19.3 Å². The molecule has 0 bridgehead atoms. The van der Waals surface area contributed by atoms with E-state index < -0.39 is 17.6 Å². The number of aliphatic imine (C=N–C) groups is 1. The molecule has 0 spiro atoms. The quantitative estimate of drug-likeness (QED) is 0.290. The number of carbonyl (C=O) groups excluding carboxylic acids is 1. The Morgan fingerprint density at radius 1 is 1.40 bits per heavy atom. The van der Waals surface area contributed by atoms with Gasteiger partial charge in [0.05, 0.1) is 7.11 Å². The number of aromatic nitrogens is 3. The molecule has 0 aliphatic rings. The van der Waals surface area contributed by atoms with Gasteiger partial charge in [-0.1, -0.05) is 31.5 Å². The van der Waals surface area contributed by atoms with Gasteiger partial charge in [-0.05, 0) is 30.3 Å². The summed E-state index contributed by atoms with van der Waals surface area (Å²) < 4.78 is 6.48. The van der Waals surface area contributed by atoms with Gasteiger partial charge in [-0.15, -0.1) is 0 Å². The van der Waals surface area contributed by atoms with Crippen molar-refractivity contribution in [1.82, 2.24) is 14.5 Å². The molecule has 1 aromatic carbocycles. The molecule has 0 amide bonds. The molecule has 0 saturated heterocycles. The van der Waals surface area contributed by atoms with Crippen molar-refractivity contribution in [2.24, 2.45) is 4.99 Å². The molecule has 2 aromatic heterocycles. The number of aromatic hydroxyl groups is 1. The van der Waals surface area contributed by atoms with E-state index in [1.807, 2.05) is 37.4 Å². The molecule has 3 aromatic rings. The van der Waals surface area contributed by atoms with Gasteiger partial charge in [-0.25, -0.2) is 4.79 Å². The van der Waals surface area contributed by atoms with Crippen molar-refractivity contribution in [2.75, 3.05) is 7.11 Å². The fraction of sp³-hybridized carbons (Fsp3) is 0.333. The van der Waals surface area contributed by atoms with Crippen LogP contribution in [0.2, 0.25) is 0 Å². The molecular formula is C21H24N4O4S. The minimum Gasteiger partial charge on any atom is -0.494 e. The fourth-order valence-corrected chi connectivity index (χ4v) is 3.49. The van der Waals surface area contributed by atoms with Gasteiger partial charge in [-0.2, -0.15) is 0 Å². The first kappa shape index (κ1) is 21.5. The van der Waals surface area contributed by atoms with Crippen LogP contribution in [0.5, 0.6) is 5.88 Å². The third-order valence-electron chi connectivity index (χ3n) is 4.89. The van der Waals surface area contributed by atoms with Crippen molar-refractivity contribution in [3.63, 3.8) is 0 Å². The predicted octanol–water partition coefficient (Wildman–Crippen LogP) is 3.10. The van der Waals surface area contributed by atoms with Crippen LogP contribution in [0.25, 0.3) is 10.9 Å². The second kappa shape index (κ2) is 9.53. The van der Waals surface area contributed by atoms with Crippen LogP contribution in [0, 0.1) is 4.77 Å². The van der Waals surface area contributed by atoms with Gasteiger partial charge >= 0.3 is 5.97 Å². The number of H-pyrrole nitrogens is 2. The highest BCUT2D eigenvalue weighted by Gasteiger charge is 2.21. The highest BCUT2D eigenvalue weighted by atomic mass is 32.1. The van der Waals surface area contributed by atoms with Crippen LogP contribution >= 0.6 is 12.2 Å². The first-order chi connectivity index (χ1) is 14.5. The van der Waals surface area contributed by atoms with E-state index in [-0.39, 0.29) is 22.6 Å². The Labute approximate surface area is 178 Å². The number of fused-ring (bicyclic) bond motifs is 1. The van der Waals surface area contributed by atoms with Crippen LogP contribution in [0.1, 0.15) is 30.9 Å². The maximum atomic E-state index is 12.3. The second-order valence-electron chi connectivity index (χ2n) is 6.88. The van der Waals surface area contributed by atoms with Gasteiger partial charge in [0, 0.05) is 36.3 Å². The smallest absolute Gasteiger partial charge is 0.330 e. The lowest BCUT2D eigenvalue weighted by molar-refractivity contribution is -0.142. The monoisotopic (exact) mass is 428 g/mol. The summed E-state index contributed by atoms with van der Waals surface area (Å²) in [7, 11) is 1.29. The average Bonchev–Trinajstić information content (AvgIpc) is 3.14. The van der Waals surface area contributed by atoms with Crippen LogP contribution in [-0.4, -0.2) is 45.0 Å². The van der Waals surface area contributed by atoms with E-state index in [9.17, 15) is 14.7 Å². The van der Waals surface area contributed by atoms with Crippen LogP contribution < -0.4 is 5.56 Å². The Morgan fingerprint density at radius 3 is 2.90 bits per heavy atom. The van der Waals surface area contributed by atoms with Crippen LogP contribution in [0.4, 0.5) is 0 Å². The summed E-state index contributed by atoms with van der Waals surface area (Å²) in [4.78, 5) is 34.6. The lowest BCUT2D eigenvalue weighted by Gasteiger charge is -2.12. The molecule has 0 aliphatic heterocycles. The molecular weight excluding hydrogens is 404 g/mol. The van der Waals surface area contributed by atoms with Gasteiger partial charge in [0.1, 0.15) is 5.56 Å². The van der Waals surface area contributed by atoms with Crippen LogP contribution in [0.15, 0.2) is 40.2 Å². The topological polar surface area (TPSA) is 112 Å². The first-order valence-corrected chi connectivity index (χ1v) is 10.1. The number of aromatic amines is 2. The van der Waals surface area contributed by atoms with E-state index >= 15 is 0 Å². The summed E-state index contributed by atoms with van der Waals surface area (Å²) in [6.07, 6.45) is 5.00. The number of nitrogens with one attached hydrogen (secondary N) is 2. The number of benzene rings is 1. The molecule has 1 atom stereocenters. The standard InChI is InChI=1S/C21H24N4O4S/c1-3-4-9-25-19(27)15(18(26)24-21(25)30)12-23-17(20(28)29-2)10-13-11-22-16-8-6-5-7-14(13)16/h5-8,11-12,17,22,27H,3-4,9-10H2,1-2H3,(H,24,26,30). The highest BCUT2D eigenvalue weighted by molar-refractivity contribution is 7.71. The van der Waals surface area contributed by atoms with E-state index in [1.165, 1.54) is 17.9 Å². The highest BCUT2D eigenvalue weighted by Crippen LogP contribution is 2.20. The minimum absolute atomic E-state index is 0.0486. The summed E-state index contributed by atoms with van der Waals surface area (Å²) in [6, 6.07) is 6.86. The number of hydrogen-bond donors (Lipinski definition) is 3. The number of esters is 1. The number of carbonyl (C=O) groups is 1. The minimum atomic E-state index is -0.875. The molecule has 9 heteroatoms. The van der Waals surface area contributed by atoms with E-state index in [2.05, 4.69) is 15.0 Å². The fourth-order valence-electron chi connectivity index (χ4n) is 3.22. The predicted molar refractivity (Wildman–Crippen MR) is 118 cm³/mol. The molecule has 2 heterocycles. The van der Waals surface area contributed by atoms with E-state index in [1.54, 1.807) is 0 Å². The number of rotatable bonds is 8. The van der Waals surface area contributed by atoms with E-state index in [0.29, 0.717) is 6.54 Å². The number of unbranched alkanes of at least 4 members (excludes halogenated alkanes) is 1. The molecule has 0 saturated carbocycles. The zero-order chi connectivity index (χ0) is 21.7. The van der Waals surface area contributed by atoms with Gasteiger partial charge in [0.15, 0.2) is 10.8 Å². The summed E-state index contributed by atoms with van der Waals surface area (Å²) in [5, 5.41) is 11.5. The number of ether oxygens (including phenoxy) is 1. The normalized spacial score (nSPS) is 12.5. The second-order valence-corrected chi connectivity index (χ2v) is 7.27. The van der Waals surface area contributed by atoms with Crippen molar-refractivity contribution in [2.45, 2.75) is 38.8 Å². The molecule has 30 heavy (non-hydrogen) atoms. The number of nitrogens with zero attached hydrogens (tertiary/aromatic N) is 2. The van der Waals surface area contributed by atoms with Crippen LogP contribution in [0.3, 0.4) is 0 Å². The lowest BCUT2D eigenvalue weighted by Crippen LogP contribution is -2.24. The number of hydrogen-bond acceptors (Lipinski definition) is 6. The molecule has 1 unspecified atom stereocenters. The van der Waals surface area contributed by atoms with Gasteiger partial charge in [0.2, 0.25) is 5.88 Å². The molecule has 158 valence electrons. The average molecular weight is 429 g/mol. The molecule has 0 radical (unpaired) electrons. The molecule has 8 nitrogen and oxygen atoms in total. The SMILES string of the molecule is CCCCn1c(O)c(C=NC(Cc2c[nH]c3ccccc23)C(=O)OC)c(=O)[nH]c1=S. The van der Waals surface area contributed by atoms with Crippen molar-refractivity contribution >= 4 is 35.3 Å². The third-order valence-corrected chi connectivity index (χ3v) is 5.21. The van der Waals surface area contributed by atoms with Crippen molar-refractivity contribution in [3.05, 3.63) is 56.7 Å². The number of methoxy groups -OCH3 is 1. The molecule has 0 aliphatic carbocycles. The molecule has 3 rings (SSSR count). The van der Waals surface area contributed by atoms with Crippen LogP contribution in [-0.2, 0) is 22.5 Å². The largest absolute Gasteiger partial charge is 0.494 e. The third kappa shape index (κ3) is 4.51. The number of para-hydroxylation sites is 1. The summed E-state index contributed by atoms with van der Waals surface area (Å²) in [5.74, 6) is -0.803. The zero-order valence-corrected chi connectivity index (χ0v) is 17.7. The summed E-state index contributed by atoms with van der Waals surface area (Å²) in [6.45, 7) is 2.48. The Kier molecular flexibility index (Phi) is 6.83. The lowest BCUT2D eigenvalue weighted by atomic mass is 10.1. The van der Waals surface area contributed by atoms with Gasteiger partial charge < -0.3 is 14.8 Å². The summed E-state index contributed by atoms with van der Waals surface area (Å²) >= 11 is 5.14. The Balaban J connectivity index is 1.95. The Bertz CT molecular complexity index is 1190. The first-order valence-electron chi connectivity index (χ1n) is 9.68. The Hall–Kier alpha value is -3.20. The van der Waals surface area contributed by atoms with Crippen molar-refractivity contribution in [3.8, 4) is 5.88 Å². The molecule has 0 fully saturated rings. The van der Waals surface area contributed by atoms with E-state index in [4.69, 9.17) is 17.0 Å². The molecule has 3 N–H and O–H groups in total. The van der Waals surface area contributed by atoms with E-state index in [0.717, 1.165) is 29.3 Å². The summed E-state index contributed by atoms with van der Waals surface area (Å²) in [5.41, 5.74) is 1.24.